The van der Waals surface area contributed by atoms with Crippen molar-refractivity contribution in [2.24, 2.45) is 0 Å². The smallest absolute Gasteiger partial charge is 0.259 e. The number of hydrogen-bond donors (Lipinski definition) is 0. The number of carbonyl (C=O) groups is 1. The SMILES string of the molecule is CC(F)(CCl)C(=O)Cl. The normalized spacial score (nSPS) is 17.5. The molecule has 0 aromatic carbocycles. The van der Waals surface area contributed by atoms with Crippen LogP contribution in [0, 0.1) is 0 Å². The van der Waals surface area contributed by atoms with Crippen LogP contribution in [-0.4, -0.2) is 16.8 Å². The van der Waals surface area contributed by atoms with Crippen LogP contribution in [0.3, 0.4) is 0 Å². The van der Waals surface area contributed by atoms with Gasteiger partial charge in [-0.3, -0.25) is 4.79 Å². The maximum Gasteiger partial charge on any atom is 0.259 e. The van der Waals surface area contributed by atoms with Crippen LogP contribution < -0.4 is 0 Å². The van der Waals surface area contributed by atoms with E-state index < -0.39 is 16.8 Å². The van der Waals surface area contributed by atoms with Gasteiger partial charge in [-0.15, -0.1) is 11.6 Å². The third-order valence-electron chi connectivity index (χ3n) is 0.661. The molecule has 48 valence electrons. The molecular weight excluding hydrogens is 154 g/mol. The zero-order chi connectivity index (χ0) is 6.78. The predicted octanol–water partition coefficient (Wildman–Crippen LogP) is 1.72. The lowest BCUT2D eigenvalue weighted by Gasteiger charge is -2.08. The van der Waals surface area contributed by atoms with E-state index in [-0.39, 0.29) is 0 Å². The van der Waals surface area contributed by atoms with Crippen molar-refractivity contribution < 1.29 is 9.18 Å². The molecule has 1 nitrogen and oxygen atoms in total. The lowest BCUT2D eigenvalue weighted by Crippen LogP contribution is -2.27. The minimum absolute atomic E-state index is 0.394. The monoisotopic (exact) mass is 158 g/mol. The molecule has 0 amide bonds. The van der Waals surface area contributed by atoms with Gasteiger partial charge in [0.05, 0.1) is 5.88 Å². The highest BCUT2D eigenvalue weighted by molar-refractivity contribution is 6.65. The van der Waals surface area contributed by atoms with Crippen LogP contribution >= 0.6 is 23.2 Å². The summed E-state index contributed by atoms with van der Waals surface area (Å²) in [6.07, 6.45) is 0. The lowest BCUT2D eigenvalue weighted by atomic mass is 10.2. The highest BCUT2D eigenvalue weighted by Gasteiger charge is 2.29. The third kappa shape index (κ3) is 1.97. The molecule has 1 atom stereocenters. The van der Waals surface area contributed by atoms with E-state index in [9.17, 15) is 9.18 Å². The molecule has 0 rings (SSSR count). The summed E-state index contributed by atoms with van der Waals surface area (Å²) in [5, 5.41) is -1.05. The van der Waals surface area contributed by atoms with Crippen molar-refractivity contribution in [3.05, 3.63) is 0 Å². The van der Waals surface area contributed by atoms with Crippen molar-refractivity contribution in [3.8, 4) is 0 Å². The van der Waals surface area contributed by atoms with E-state index in [2.05, 4.69) is 0 Å². The molecule has 0 saturated carbocycles. The first-order valence-electron chi connectivity index (χ1n) is 1.95. The Bertz CT molecular complexity index is 102. The van der Waals surface area contributed by atoms with Gasteiger partial charge in [0.15, 0.2) is 5.67 Å². The first-order valence-corrected chi connectivity index (χ1v) is 2.87. The summed E-state index contributed by atoms with van der Waals surface area (Å²) < 4.78 is 12.3. The molecule has 1 unspecified atom stereocenters. The highest BCUT2D eigenvalue weighted by Crippen LogP contribution is 2.15. The first kappa shape index (κ1) is 8.18. The van der Waals surface area contributed by atoms with E-state index in [0.29, 0.717) is 0 Å². The van der Waals surface area contributed by atoms with Crippen LogP contribution in [-0.2, 0) is 4.79 Å². The number of rotatable bonds is 2. The molecule has 8 heavy (non-hydrogen) atoms. The van der Waals surface area contributed by atoms with Gasteiger partial charge in [-0.2, -0.15) is 0 Å². The van der Waals surface area contributed by atoms with Crippen molar-refractivity contribution in [2.45, 2.75) is 12.6 Å². The molecule has 0 aliphatic carbocycles. The van der Waals surface area contributed by atoms with E-state index in [1.807, 2.05) is 0 Å². The van der Waals surface area contributed by atoms with Crippen molar-refractivity contribution in [3.63, 3.8) is 0 Å². The van der Waals surface area contributed by atoms with Gasteiger partial charge < -0.3 is 0 Å². The number of alkyl halides is 2. The standard InChI is InChI=1S/C4H5Cl2FO/c1-4(7,2-5)3(6)8/h2H2,1H3. The van der Waals surface area contributed by atoms with Gasteiger partial charge in [0, 0.05) is 0 Å². The summed E-state index contributed by atoms with van der Waals surface area (Å²) >= 11 is 9.78. The summed E-state index contributed by atoms with van der Waals surface area (Å²) in [5.74, 6) is -0.394. The van der Waals surface area contributed by atoms with Gasteiger partial charge in [-0.05, 0) is 18.5 Å². The molecule has 0 N–H and O–H groups in total. The molecule has 0 aliphatic rings. The summed E-state index contributed by atoms with van der Waals surface area (Å²) in [6.45, 7) is 1.04. The van der Waals surface area contributed by atoms with Gasteiger partial charge in [0.1, 0.15) is 0 Å². The molecule has 0 aliphatic heterocycles. The second-order valence-corrected chi connectivity index (χ2v) is 2.22. The summed E-state index contributed by atoms with van der Waals surface area (Å²) in [7, 11) is 0. The van der Waals surface area contributed by atoms with Crippen LogP contribution in [0.4, 0.5) is 4.39 Å². The Kier molecular flexibility index (Phi) is 2.71. The molecule has 0 spiro atoms. The van der Waals surface area contributed by atoms with Crippen LogP contribution in [0.5, 0.6) is 0 Å². The fraction of sp³-hybridized carbons (Fsp3) is 0.750. The average Bonchev–Trinajstić information content (AvgIpc) is 1.67. The van der Waals surface area contributed by atoms with Crippen LogP contribution in [0.2, 0.25) is 0 Å². The third-order valence-corrected chi connectivity index (χ3v) is 1.56. The minimum Gasteiger partial charge on any atom is -0.278 e. The van der Waals surface area contributed by atoms with E-state index in [4.69, 9.17) is 23.2 Å². The van der Waals surface area contributed by atoms with Crippen LogP contribution in [0.1, 0.15) is 6.92 Å². The molecule has 0 heterocycles. The van der Waals surface area contributed by atoms with Crippen molar-refractivity contribution in [2.75, 3.05) is 5.88 Å². The fourth-order valence-electron chi connectivity index (χ4n) is 0.0525. The zero-order valence-corrected chi connectivity index (χ0v) is 5.76. The Labute approximate surface area is 56.8 Å². The largest absolute Gasteiger partial charge is 0.278 e. The summed E-state index contributed by atoms with van der Waals surface area (Å²) in [5.41, 5.74) is -2.07. The fourth-order valence-corrected chi connectivity index (χ4v) is 0.309. The Morgan fingerprint density at radius 1 is 1.88 bits per heavy atom. The first-order chi connectivity index (χ1) is 3.50. The maximum atomic E-state index is 12.3. The minimum atomic E-state index is -2.07. The zero-order valence-electron chi connectivity index (χ0n) is 4.25. The van der Waals surface area contributed by atoms with E-state index in [0.717, 1.165) is 6.92 Å². The van der Waals surface area contributed by atoms with Gasteiger partial charge in [-0.1, -0.05) is 0 Å². The van der Waals surface area contributed by atoms with Crippen molar-refractivity contribution in [1.82, 2.24) is 0 Å². The lowest BCUT2D eigenvalue weighted by molar-refractivity contribution is -0.120. The summed E-state index contributed by atoms with van der Waals surface area (Å²) in [6, 6.07) is 0. The second kappa shape index (κ2) is 2.65. The number of carbonyl (C=O) groups excluding carboxylic acids is 1. The predicted molar refractivity (Wildman–Crippen MR) is 31.1 cm³/mol. The topological polar surface area (TPSA) is 17.1 Å². The molecular formula is C4H5Cl2FO. The second-order valence-electron chi connectivity index (χ2n) is 1.60. The maximum absolute atomic E-state index is 12.3. The molecule has 0 fully saturated rings. The van der Waals surface area contributed by atoms with E-state index >= 15 is 0 Å². The number of hydrogen-bond acceptors (Lipinski definition) is 1. The van der Waals surface area contributed by atoms with Gasteiger partial charge in [0.25, 0.3) is 5.24 Å². The van der Waals surface area contributed by atoms with Crippen molar-refractivity contribution >= 4 is 28.4 Å². The molecule has 0 bridgehead atoms. The van der Waals surface area contributed by atoms with Gasteiger partial charge >= 0.3 is 0 Å². The Morgan fingerprint density at radius 2 is 2.25 bits per heavy atom. The molecule has 0 saturated heterocycles. The van der Waals surface area contributed by atoms with E-state index in [1.165, 1.54) is 0 Å². The highest BCUT2D eigenvalue weighted by atomic mass is 35.5. The van der Waals surface area contributed by atoms with Crippen molar-refractivity contribution in [1.29, 1.82) is 0 Å². The van der Waals surface area contributed by atoms with Gasteiger partial charge in [-0.25, -0.2) is 4.39 Å². The van der Waals surface area contributed by atoms with Gasteiger partial charge in [0.2, 0.25) is 0 Å². The Hall–Kier alpha value is 0.180. The molecule has 0 aromatic rings. The van der Waals surface area contributed by atoms with Crippen LogP contribution in [0.25, 0.3) is 0 Å². The van der Waals surface area contributed by atoms with Crippen LogP contribution in [0.15, 0.2) is 0 Å². The Morgan fingerprint density at radius 3 is 2.25 bits per heavy atom. The van der Waals surface area contributed by atoms with E-state index in [1.54, 1.807) is 0 Å². The quantitative estimate of drug-likeness (QED) is 0.442. The average molecular weight is 159 g/mol. The summed E-state index contributed by atoms with van der Waals surface area (Å²) in [4.78, 5) is 10.0. The molecule has 0 radical (unpaired) electrons. The Balaban J connectivity index is 3.91. The number of halogens is 3. The molecule has 4 heteroatoms. The molecule has 0 aromatic heterocycles.